The molecule has 1 N–H and O–H groups in total. The molecule has 0 unspecified atom stereocenters. The van der Waals surface area contributed by atoms with Crippen LogP contribution in [-0.2, 0) is 20.3 Å². The number of para-hydroxylation sites is 1. The zero-order valence-electron chi connectivity index (χ0n) is 19.0. The minimum absolute atomic E-state index is 0.0733. The number of hydrogen-bond acceptors (Lipinski definition) is 7. The van der Waals surface area contributed by atoms with Crippen molar-refractivity contribution in [3.63, 3.8) is 0 Å². The van der Waals surface area contributed by atoms with Crippen LogP contribution in [0.15, 0.2) is 57.6 Å². The second-order valence-electron chi connectivity index (χ2n) is 9.02. The number of rotatable bonds is 5. The van der Waals surface area contributed by atoms with Crippen LogP contribution < -0.4 is 9.50 Å². The van der Waals surface area contributed by atoms with Crippen LogP contribution in [-0.4, -0.2) is 30.5 Å². The first-order valence-electron chi connectivity index (χ1n) is 10.1. The van der Waals surface area contributed by atoms with Crippen molar-refractivity contribution in [3.05, 3.63) is 59.2 Å². The molecule has 32 heavy (non-hydrogen) atoms. The summed E-state index contributed by atoms with van der Waals surface area (Å²) in [5, 5.41) is 11.1. The minimum atomic E-state index is -4.04. The van der Waals surface area contributed by atoms with E-state index in [9.17, 15) is 13.2 Å². The first-order chi connectivity index (χ1) is 14.8. The van der Waals surface area contributed by atoms with Crippen LogP contribution in [0.4, 0.5) is 0 Å². The van der Waals surface area contributed by atoms with E-state index < -0.39 is 14.9 Å². The van der Waals surface area contributed by atoms with E-state index in [-0.39, 0.29) is 22.0 Å². The van der Waals surface area contributed by atoms with Crippen molar-refractivity contribution in [2.45, 2.75) is 56.6 Å². The SMILES string of the molecule is Cc1cccc(/C=N\N=C2\NC(=O)C(C)(C)S2)c1OS(=O)(=O)c1ccc(C(C)(C)C)cc1. The summed E-state index contributed by atoms with van der Waals surface area (Å²) in [6.07, 6.45) is 1.41. The van der Waals surface area contributed by atoms with E-state index >= 15 is 0 Å². The lowest BCUT2D eigenvalue weighted by atomic mass is 9.87. The average molecular weight is 474 g/mol. The number of nitrogens with zero attached hydrogens (tertiary/aromatic N) is 2. The van der Waals surface area contributed by atoms with Gasteiger partial charge in [-0.25, -0.2) is 0 Å². The highest BCUT2D eigenvalue weighted by Gasteiger charge is 2.38. The summed E-state index contributed by atoms with van der Waals surface area (Å²) >= 11 is 1.28. The molecule has 1 saturated heterocycles. The fraction of sp³-hybridized carbons (Fsp3) is 0.348. The normalized spacial score (nSPS) is 17.7. The molecule has 9 heteroatoms. The molecule has 0 aliphatic carbocycles. The highest BCUT2D eigenvalue weighted by molar-refractivity contribution is 8.16. The van der Waals surface area contributed by atoms with Crippen molar-refractivity contribution in [2.75, 3.05) is 0 Å². The summed E-state index contributed by atoms with van der Waals surface area (Å²) in [7, 11) is -4.04. The van der Waals surface area contributed by atoms with Gasteiger partial charge in [-0.1, -0.05) is 56.8 Å². The summed E-state index contributed by atoms with van der Waals surface area (Å²) in [6.45, 7) is 11.5. The Hall–Kier alpha value is -2.65. The van der Waals surface area contributed by atoms with Gasteiger partial charge in [0.05, 0.1) is 11.0 Å². The van der Waals surface area contributed by atoms with Crippen LogP contribution in [0, 0.1) is 6.92 Å². The molecule has 0 saturated carbocycles. The van der Waals surface area contributed by atoms with Crippen molar-refractivity contribution < 1.29 is 17.4 Å². The fourth-order valence-electron chi connectivity index (χ4n) is 2.92. The number of thioether (sulfide) groups is 1. The van der Waals surface area contributed by atoms with Crippen LogP contribution in [0.1, 0.15) is 51.3 Å². The van der Waals surface area contributed by atoms with E-state index in [0.29, 0.717) is 16.3 Å². The Morgan fingerprint density at radius 1 is 1.09 bits per heavy atom. The van der Waals surface area contributed by atoms with Crippen molar-refractivity contribution in [1.29, 1.82) is 0 Å². The number of carbonyl (C=O) groups excluding carboxylic acids is 1. The fourth-order valence-corrected chi connectivity index (χ4v) is 4.79. The number of benzene rings is 2. The molecule has 3 rings (SSSR count). The zero-order chi connectivity index (χ0) is 23.7. The van der Waals surface area contributed by atoms with Crippen molar-refractivity contribution in [3.8, 4) is 5.75 Å². The summed E-state index contributed by atoms with van der Waals surface area (Å²) in [5.41, 5.74) is 2.04. The predicted molar refractivity (Wildman–Crippen MR) is 129 cm³/mol. The monoisotopic (exact) mass is 473 g/mol. The number of nitrogens with one attached hydrogen (secondary N) is 1. The lowest BCUT2D eigenvalue weighted by Gasteiger charge is -2.19. The van der Waals surface area contributed by atoms with E-state index in [1.165, 1.54) is 18.0 Å². The van der Waals surface area contributed by atoms with Gasteiger partial charge in [0.25, 0.3) is 0 Å². The first-order valence-corrected chi connectivity index (χ1v) is 12.3. The van der Waals surface area contributed by atoms with Crippen LogP contribution in [0.25, 0.3) is 0 Å². The van der Waals surface area contributed by atoms with Gasteiger partial charge in [-0.2, -0.15) is 13.5 Å². The van der Waals surface area contributed by atoms with Crippen molar-refractivity contribution in [1.82, 2.24) is 5.32 Å². The Morgan fingerprint density at radius 2 is 1.75 bits per heavy atom. The minimum Gasteiger partial charge on any atom is -0.378 e. The number of amides is 1. The summed E-state index contributed by atoms with van der Waals surface area (Å²) in [4.78, 5) is 11.9. The summed E-state index contributed by atoms with van der Waals surface area (Å²) in [6, 6.07) is 11.9. The van der Waals surface area contributed by atoms with Crippen LogP contribution in [0.3, 0.4) is 0 Å². The Kier molecular flexibility index (Phi) is 6.53. The third kappa shape index (κ3) is 5.39. The number of amidine groups is 1. The molecule has 1 aliphatic heterocycles. The average Bonchev–Trinajstić information content (AvgIpc) is 2.95. The molecule has 0 radical (unpaired) electrons. The number of carbonyl (C=O) groups is 1. The molecule has 0 spiro atoms. The molecule has 170 valence electrons. The lowest BCUT2D eigenvalue weighted by Crippen LogP contribution is -2.30. The number of aryl methyl sites for hydroxylation is 1. The zero-order valence-corrected chi connectivity index (χ0v) is 20.6. The van der Waals surface area contributed by atoms with Gasteiger partial charge >= 0.3 is 10.1 Å². The molecule has 0 aromatic heterocycles. The van der Waals surface area contributed by atoms with E-state index in [2.05, 4.69) is 36.3 Å². The maximum absolute atomic E-state index is 12.9. The largest absolute Gasteiger partial charge is 0.378 e. The first kappa shape index (κ1) is 24.0. The van der Waals surface area contributed by atoms with Crippen molar-refractivity contribution >= 4 is 39.2 Å². The van der Waals surface area contributed by atoms with E-state index in [0.717, 1.165) is 5.56 Å². The Bertz CT molecular complexity index is 1190. The molecule has 7 nitrogen and oxygen atoms in total. The summed E-state index contributed by atoms with van der Waals surface area (Å²) in [5.74, 6) is 0.0411. The smallest absolute Gasteiger partial charge is 0.339 e. The molecule has 1 fully saturated rings. The second-order valence-corrected chi connectivity index (χ2v) is 12.2. The number of hydrogen-bond donors (Lipinski definition) is 1. The van der Waals surface area contributed by atoms with Gasteiger partial charge in [-0.15, -0.1) is 5.10 Å². The molecular weight excluding hydrogens is 446 g/mol. The standard InChI is InChI=1S/C23H27N3O4S2/c1-15-8-7-9-16(14-24-26-21-25-20(27)23(5,6)31-21)19(15)30-32(28,29)18-12-10-17(11-13-18)22(2,3)4/h7-14H,1-6H3,(H,25,26,27)/b24-14-. The Labute approximate surface area is 193 Å². The van der Waals surface area contributed by atoms with Gasteiger partial charge < -0.3 is 9.50 Å². The van der Waals surface area contributed by atoms with E-state index in [1.54, 1.807) is 63.2 Å². The maximum Gasteiger partial charge on any atom is 0.339 e. The third-order valence-electron chi connectivity index (χ3n) is 4.91. The molecule has 0 bridgehead atoms. The van der Waals surface area contributed by atoms with Crippen molar-refractivity contribution in [2.24, 2.45) is 10.2 Å². The van der Waals surface area contributed by atoms with Gasteiger partial charge in [-0.3, -0.25) is 4.79 Å². The topological polar surface area (TPSA) is 97.2 Å². The van der Waals surface area contributed by atoms with Crippen LogP contribution in [0.2, 0.25) is 0 Å². The summed E-state index contributed by atoms with van der Waals surface area (Å²) < 4.78 is 30.7. The van der Waals surface area contributed by atoms with Gasteiger partial charge in [0.2, 0.25) is 5.91 Å². The molecule has 1 amide bonds. The molecule has 0 atom stereocenters. The molecular formula is C23H27N3O4S2. The molecule has 1 heterocycles. The highest BCUT2D eigenvalue weighted by atomic mass is 32.2. The Morgan fingerprint density at radius 3 is 2.31 bits per heavy atom. The quantitative estimate of drug-likeness (QED) is 0.395. The maximum atomic E-state index is 12.9. The van der Waals surface area contributed by atoms with Gasteiger partial charge in [0, 0.05) is 5.56 Å². The van der Waals surface area contributed by atoms with Crippen LogP contribution >= 0.6 is 11.8 Å². The molecule has 1 aliphatic rings. The predicted octanol–water partition coefficient (Wildman–Crippen LogP) is 4.39. The van der Waals surface area contributed by atoms with Gasteiger partial charge in [0.1, 0.15) is 4.90 Å². The molecule has 2 aromatic rings. The van der Waals surface area contributed by atoms with E-state index in [4.69, 9.17) is 4.18 Å². The lowest BCUT2D eigenvalue weighted by molar-refractivity contribution is -0.120. The van der Waals surface area contributed by atoms with Crippen LogP contribution in [0.5, 0.6) is 5.75 Å². The van der Waals surface area contributed by atoms with E-state index in [1.807, 2.05) is 0 Å². The molecule has 2 aromatic carbocycles. The van der Waals surface area contributed by atoms with Gasteiger partial charge in [-0.05, 0) is 55.5 Å². The third-order valence-corrected chi connectivity index (χ3v) is 7.22. The Balaban J connectivity index is 1.85. The van der Waals surface area contributed by atoms with Gasteiger partial charge in [0.15, 0.2) is 10.9 Å². The highest BCUT2D eigenvalue weighted by Crippen LogP contribution is 2.31. The second kappa shape index (κ2) is 8.71.